The molecule has 7 nitrogen and oxygen atoms in total. The zero-order valence-corrected chi connectivity index (χ0v) is 16.0. The van der Waals surface area contributed by atoms with E-state index in [4.69, 9.17) is 0 Å². The number of nitrogens with one attached hydrogen (secondary N) is 1. The van der Waals surface area contributed by atoms with Crippen LogP contribution in [0.4, 0.5) is 0 Å². The first-order chi connectivity index (χ1) is 12.4. The largest absolute Gasteiger partial charge is 0.282 e. The first kappa shape index (κ1) is 18.6. The Balaban J connectivity index is 1.77. The molecule has 138 valence electrons. The van der Waals surface area contributed by atoms with Crippen LogP contribution in [0, 0.1) is 32.1 Å². The molecule has 3 rings (SSSR count). The number of nitriles is 1. The second kappa shape index (κ2) is 7.19. The zero-order chi connectivity index (χ0) is 18.9. The second-order valence-corrected chi connectivity index (χ2v) is 8.47. The maximum absolute atomic E-state index is 12.9. The molecule has 2 heterocycles. The summed E-state index contributed by atoms with van der Waals surface area (Å²) in [6.45, 7) is 7.14. The molecule has 1 aliphatic heterocycles. The monoisotopic (exact) mass is 373 g/mol. The topological polar surface area (TPSA) is 93.1 Å². The fourth-order valence-electron chi connectivity index (χ4n) is 3.49. The molecule has 0 bridgehead atoms. The van der Waals surface area contributed by atoms with Gasteiger partial charge in [-0.1, -0.05) is 24.3 Å². The van der Waals surface area contributed by atoms with E-state index in [1.165, 1.54) is 4.31 Å². The maximum Gasteiger partial charge on any atom is 0.246 e. The van der Waals surface area contributed by atoms with Crippen LogP contribution in [-0.4, -0.2) is 54.0 Å². The molecule has 1 N–H and O–H groups in total. The van der Waals surface area contributed by atoms with Crippen LogP contribution in [-0.2, 0) is 10.0 Å². The van der Waals surface area contributed by atoms with E-state index in [2.05, 4.69) is 16.3 Å². The highest BCUT2D eigenvalue weighted by Crippen LogP contribution is 2.27. The van der Waals surface area contributed by atoms with Crippen LogP contribution >= 0.6 is 0 Å². The van der Waals surface area contributed by atoms with Gasteiger partial charge in [-0.2, -0.15) is 14.7 Å². The van der Waals surface area contributed by atoms with Crippen molar-refractivity contribution < 1.29 is 8.42 Å². The van der Waals surface area contributed by atoms with Crippen molar-refractivity contribution in [3.05, 3.63) is 46.8 Å². The second-order valence-electron chi connectivity index (χ2n) is 6.59. The predicted molar refractivity (Wildman–Crippen MR) is 97.9 cm³/mol. The molecule has 8 heteroatoms. The number of aromatic amines is 1. The van der Waals surface area contributed by atoms with E-state index in [1.54, 1.807) is 13.8 Å². The molecule has 1 aromatic carbocycles. The molecule has 0 spiro atoms. The molecule has 1 unspecified atom stereocenters. The minimum Gasteiger partial charge on any atom is -0.282 e. The Morgan fingerprint density at radius 2 is 1.81 bits per heavy atom. The summed E-state index contributed by atoms with van der Waals surface area (Å²) in [6, 6.07) is 9.84. The van der Waals surface area contributed by atoms with Crippen LogP contribution in [0.25, 0.3) is 0 Å². The van der Waals surface area contributed by atoms with Gasteiger partial charge in [-0.3, -0.25) is 10.00 Å². The molecule has 2 aromatic rings. The van der Waals surface area contributed by atoms with Crippen molar-refractivity contribution in [2.75, 3.05) is 26.2 Å². The lowest BCUT2D eigenvalue weighted by Crippen LogP contribution is -2.49. The van der Waals surface area contributed by atoms with Crippen molar-refractivity contribution in [3.8, 4) is 6.07 Å². The molecule has 1 saturated heterocycles. The Morgan fingerprint density at radius 3 is 2.35 bits per heavy atom. The van der Waals surface area contributed by atoms with Crippen molar-refractivity contribution in [2.45, 2.75) is 31.7 Å². The number of sulfonamides is 1. The van der Waals surface area contributed by atoms with Gasteiger partial charge in [-0.15, -0.1) is 0 Å². The van der Waals surface area contributed by atoms with Gasteiger partial charge in [0.05, 0.1) is 17.5 Å². The lowest BCUT2D eigenvalue weighted by atomic mass is 10.0. The van der Waals surface area contributed by atoms with E-state index >= 15 is 0 Å². The van der Waals surface area contributed by atoms with Crippen molar-refractivity contribution in [1.29, 1.82) is 5.26 Å². The van der Waals surface area contributed by atoms with E-state index in [1.807, 2.05) is 36.1 Å². The third kappa shape index (κ3) is 3.26. The lowest BCUT2D eigenvalue weighted by molar-refractivity contribution is 0.162. The normalized spacial score (nSPS) is 17.8. The molecule has 0 amide bonds. The van der Waals surface area contributed by atoms with Gasteiger partial charge < -0.3 is 0 Å². The van der Waals surface area contributed by atoms with Crippen LogP contribution in [0.1, 0.15) is 28.6 Å². The van der Waals surface area contributed by atoms with Crippen molar-refractivity contribution in [2.24, 2.45) is 0 Å². The summed E-state index contributed by atoms with van der Waals surface area (Å²) < 4.78 is 27.4. The third-order valence-electron chi connectivity index (χ3n) is 4.90. The van der Waals surface area contributed by atoms with Crippen LogP contribution in [0.2, 0.25) is 0 Å². The van der Waals surface area contributed by atoms with Gasteiger partial charge in [0.1, 0.15) is 10.9 Å². The lowest BCUT2D eigenvalue weighted by Gasteiger charge is -2.36. The highest BCUT2D eigenvalue weighted by atomic mass is 32.2. The van der Waals surface area contributed by atoms with Gasteiger partial charge in [0.25, 0.3) is 0 Å². The number of benzene rings is 1. The van der Waals surface area contributed by atoms with Gasteiger partial charge in [-0.05, 0) is 31.9 Å². The Labute approximate surface area is 154 Å². The maximum atomic E-state index is 12.9. The predicted octanol–water partition coefficient (Wildman–Crippen LogP) is 1.91. The van der Waals surface area contributed by atoms with Crippen LogP contribution < -0.4 is 0 Å². The third-order valence-corrected chi connectivity index (χ3v) is 7.06. The molecular weight excluding hydrogens is 350 g/mol. The number of aryl methyl sites for hydroxylation is 3. The highest BCUT2D eigenvalue weighted by Gasteiger charge is 2.34. The van der Waals surface area contributed by atoms with Crippen LogP contribution in [0.15, 0.2) is 29.2 Å². The minimum absolute atomic E-state index is 0.265. The average molecular weight is 373 g/mol. The molecule has 0 radical (unpaired) electrons. The molecule has 1 fully saturated rings. The summed E-state index contributed by atoms with van der Waals surface area (Å²) in [5.41, 5.74) is 3.09. The van der Waals surface area contributed by atoms with Crippen LogP contribution in [0.5, 0.6) is 0 Å². The first-order valence-electron chi connectivity index (χ1n) is 8.57. The smallest absolute Gasteiger partial charge is 0.246 e. The fraction of sp³-hybridized carbons (Fsp3) is 0.444. The summed E-state index contributed by atoms with van der Waals surface area (Å²) in [6.07, 6.45) is 0. The molecule has 1 atom stereocenters. The summed E-state index contributed by atoms with van der Waals surface area (Å²) in [7, 11) is -3.58. The molecule has 26 heavy (non-hydrogen) atoms. The Hall–Kier alpha value is -2.21. The van der Waals surface area contributed by atoms with Gasteiger partial charge in [0.15, 0.2) is 0 Å². The van der Waals surface area contributed by atoms with Crippen molar-refractivity contribution >= 4 is 10.0 Å². The fourth-order valence-corrected chi connectivity index (χ4v) is 5.25. The Morgan fingerprint density at radius 1 is 1.15 bits per heavy atom. The van der Waals surface area contributed by atoms with E-state index in [9.17, 15) is 13.7 Å². The van der Waals surface area contributed by atoms with Gasteiger partial charge in [0.2, 0.25) is 10.0 Å². The number of hydrogen-bond acceptors (Lipinski definition) is 5. The standard InChI is InChI=1S/C18H23N5O2S/c1-13-6-4-5-7-16(13)17(12-19)22-8-10-23(11-9-22)26(24,25)18-14(2)20-21-15(18)3/h4-7,17H,8-11H2,1-3H3,(H,20,21). The van der Waals surface area contributed by atoms with Gasteiger partial charge in [0, 0.05) is 26.2 Å². The quantitative estimate of drug-likeness (QED) is 0.884. The van der Waals surface area contributed by atoms with Crippen molar-refractivity contribution in [1.82, 2.24) is 19.4 Å². The zero-order valence-electron chi connectivity index (χ0n) is 15.2. The summed E-state index contributed by atoms with van der Waals surface area (Å²) in [4.78, 5) is 2.31. The highest BCUT2D eigenvalue weighted by molar-refractivity contribution is 7.89. The molecular formula is C18H23N5O2S. The minimum atomic E-state index is -3.58. The number of nitrogens with zero attached hydrogens (tertiary/aromatic N) is 4. The Bertz CT molecular complexity index is 917. The molecule has 1 aromatic heterocycles. The molecule has 1 aliphatic rings. The number of rotatable bonds is 4. The van der Waals surface area contributed by atoms with Gasteiger partial charge in [-0.25, -0.2) is 8.42 Å². The van der Waals surface area contributed by atoms with E-state index in [0.29, 0.717) is 37.6 Å². The number of aromatic nitrogens is 2. The summed E-state index contributed by atoms with van der Waals surface area (Å²) in [5.74, 6) is 0. The summed E-state index contributed by atoms with van der Waals surface area (Å²) in [5, 5.41) is 16.4. The van der Waals surface area contributed by atoms with E-state index < -0.39 is 10.0 Å². The van der Waals surface area contributed by atoms with Crippen molar-refractivity contribution in [3.63, 3.8) is 0 Å². The van der Waals surface area contributed by atoms with E-state index in [0.717, 1.165) is 11.1 Å². The Kier molecular flexibility index (Phi) is 5.14. The van der Waals surface area contributed by atoms with E-state index in [-0.39, 0.29) is 10.9 Å². The average Bonchev–Trinajstić information content (AvgIpc) is 2.97. The first-order valence-corrected chi connectivity index (χ1v) is 10.0. The molecule has 0 aliphatic carbocycles. The van der Waals surface area contributed by atoms with Gasteiger partial charge >= 0.3 is 0 Å². The molecule has 0 saturated carbocycles. The number of piperazine rings is 1. The number of hydrogen-bond donors (Lipinski definition) is 1. The summed E-state index contributed by atoms with van der Waals surface area (Å²) >= 11 is 0. The number of H-pyrrole nitrogens is 1. The van der Waals surface area contributed by atoms with Crippen LogP contribution in [0.3, 0.4) is 0 Å². The SMILES string of the molecule is Cc1ccccc1C(C#N)N1CCN(S(=O)(=O)c2c(C)n[nH]c2C)CC1.